The monoisotopic (exact) mass is 169 g/mol. The van der Waals surface area contributed by atoms with Gasteiger partial charge in [0, 0.05) is 12.5 Å². The van der Waals surface area contributed by atoms with E-state index in [0.717, 1.165) is 25.3 Å². The van der Waals surface area contributed by atoms with Crippen molar-refractivity contribution in [3.63, 3.8) is 0 Å². The van der Waals surface area contributed by atoms with E-state index in [9.17, 15) is 4.79 Å². The van der Waals surface area contributed by atoms with Gasteiger partial charge in [0.2, 0.25) is 5.91 Å². The van der Waals surface area contributed by atoms with Crippen molar-refractivity contribution in [2.75, 3.05) is 6.54 Å². The van der Waals surface area contributed by atoms with Crippen molar-refractivity contribution in [2.24, 2.45) is 11.8 Å². The quantitative estimate of drug-likeness (QED) is 0.672. The summed E-state index contributed by atoms with van der Waals surface area (Å²) in [4.78, 5) is 11.4. The third-order valence-electron chi connectivity index (χ3n) is 2.66. The van der Waals surface area contributed by atoms with Crippen LogP contribution in [0.1, 0.15) is 39.5 Å². The molecule has 0 aromatic heterocycles. The van der Waals surface area contributed by atoms with Gasteiger partial charge >= 0.3 is 0 Å². The molecule has 1 aliphatic rings. The molecule has 1 aliphatic carbocycles. The molecule has 0 radical (unpaired) electrons. The van der Waals surface area contributed by atoms with Crippen LogP contribution in [0.4, 0.5) is 0 Å². The van der Waals surface area contributed by atoms with Crippen LogP contribution < -0.4 is 5.32 Å². The molecule has 2 unspecified atom stereocenters. The van der Waals surface area contributed by atoms with Crippen LogP contribution in [0.15, 0.2) is 0 Å². The number of carbonyl (C=O) groups excluding carboxylic acids is 1. The molecule has 1 rings (SSSR count). The Labute approximate surface area is 74.7 Å². The fourth-order valence-electron chi connectivity index (χ4n) is 1.99. The van der Waals surface area contributed by atoms with E-state index in [-0.39, 0.29) is 5.91 Å². The standard InChI is InChI=1S/C10H19NO/c1-3-11-10(12)9-6-4-5-8(2)7-9/h8-9H,3-7H2,1-2H3,(H,11,12). The Kier molecular flexibility index (Phi) is 3.57. The van der Waals surface area contributed by atoms with Gasteiger partial charge in [-0.2, -0.15) is 0 Å². The van der Waals surface area contributed by atoms with Gasteiger partial charge in [-0.3, -0.25) is 4.79 Å². The molecule has 0 heterocycles. The highest BCUT2D eigenvalue weighted by molar-refractivity contribution is 5.78. The van der Waals surface area contributed by atoms with E-state index in [0.29, 0.717) is 5.92 Å². The SMILES string of the molecule is CCNC(=O)C1CCCC(C)C1. The van der Waals surface area contributed by atoms with E-state index >= 15 is 0 Å². The Hall–Kier alpha value is -0.530. The molecule has 0 aliphatic heterocycles. The molecule has 2 nitrogen and oxygen atoms in total. The number of hydrogen-bond acceptors (Lipinski definition) is 1. The number of amides is 1. The van der Waals surface area contributed by atoms with Crippen LogP contribution in [0.3, 0.4) is 0 Å². The third kappa shape index (κ3) is 2.50. The highest BCUT2D eigenvalue weighted by Crippen LogP contribution is 2.28. The van der Waals surface area contributed by atoms with Crippen LogP contribution in [0.2, 0.25) is 0 Å². The second-order valence-electron chi connectivity index (χ2n) is 3.86. The fraction of sp³-hybridized carbons (Fsp3) is 0.900. The molecule has 0 bridgehead atoms. The number of carbonyl (C=O) groups is 1. The summed E-state index contributed by atoms with van der Waals surface area (Å²) < 4.78 is 0. The van der Waals surface area contributed by atoms with Crippen LogP contribution in [0, 0.1) is 11.8 Å². The molecule has 1 saturated carbocycles. The summed E-state index contributed by atoms with van der Waals surface area (Å²) in [6.07, 6.45) is 4.71. The second-order valence-corrected chi connectivity index (χ2v) is 3.86. The van der Waals surface area contributed by atoms with E-state index in [1.165, 1.54) is 12.8 Å². The van der Waals surface area contributed by atoms with Gasteiger partial charge in [-0.25, -0.2) is 0 Å². The lowest BCUT2D eigenvalue weighted by atomic mass is 9.82. The molecule has 0 saturated heterocycles. The summed E-state index contributed by atoms with van der Waals surface area (Å²) >= 11 is 0. The Balaban J connectivity index is 2.35. The largest absolute Gasteiger partial charge is 0.356 e. The predicted molar refractivity (Wildman–Crippen MR) is 49.8 cm³/mol. The van der Waals surface area contributed by atoms with Crippen LogP contribution in [0.5, 0.6) is 0 Å². The first kappa shape index (κ1) is 9.56. The summed E-state index contributed by atoms with van der Waals surface area (Å²) in [5.74, 6) is 1.31. The molecule has 0 aromatic rings. The Morgan fingerprint density at radius 1 is 1.50 bits per heavy atom. The molecular formula is C10H19NO. The van der Waals surface area contributed by atoms with Gasteiger partial charge < -0.3 is 5.32 Å². The van der Waals surface area contributed by atoms with E-state index in [4.69, 9.17) is 0 Å². The zero-order valence-corrected chi connectivity index (χ0v) is 8.10. The first-order valence-electron chi connectivity index (χ1n) is 5.01. The minimum Gasteiger partial charge on any atom is -0.356 e. The first-order chi connectivity index (χ1) is 5.74. The predicted octanol–water partition coefficient (Wildman–Crippen LogP) is 1.95. The van der Waals surface area contributed by atoms with Crippen molar-refractivity contribution in [2.45, 2.75) is 39.5 Å². The first-order valence-corrected chi connectivity index (χ1v) is 5.01. The normalized spacial score (nSPS) is 29.8. The van der Waals surface area contributed by atoms with Gasteiger partial charge in [-0.15, -0.1) is 0 Å². The maximum absolute atomic E-state index is 11.4. The smallest absolute Gasteiger partial charge is 0.223 e. The maximum atomic E-state index is 11.4. The van der Waals surface area contributed by atoms with Crippen molar-refractivity contribution in [3.8, 4) is 0 Å². The highest BCUT2D eigenvalue weighted by Gasteiger charge is 2.24. The molecule has 1 amide bonds. The molecule has 0 spiro atoms. The van der Waals surface area contributed by atoms with Crippen molar-refractivity contribution >= 4 is 5.91 Å². The van der Waals surface area contributed by atoms with Crippen LogP contribution in [-0.4, -0.2) is 12.5 Å². The summed E-state index contributed by atoms with van der Waals surface area (Å²) in [5, 5.41) is 2.90. The van der Waals surface area contributed by atoms with Gasteiger partial charge in [0.1, 0.15) is 0 Å². The van der Waals surface area contributed by atoms with Gasteiger partial charge in [0.15, 0.2) is 0 Å². The van der Waals surface area contributed by atoms with Gasteiger partial charge in [-0.05, 0) is 25.7 Å². The molecule has 2 atom stereocenters. The van der Waals surface area contributed by atoms with E-state index in [1.54, 1.807) is 0 Å². The zero-order chi connectivity index (χ0) is 8.97. The lowest BCUT2D eigenvalue weighted by molar-refractivity contribution is -0.126. The van der Waals surface area contributed by atoms with E-state index < -0.39 is 0 Å². The fourth-order valence-corrected chi connectivity index (χ4v) is 1.99. The highest BCUT2D eigenvalue weighted by atomic mass is 16.1. The minimum absolute atomic E-state index is 0.268. The van der Waals surface area contributed by atoms with E-state index in [2.05, 4.69) is 12.2 Å². The molecule has 70 valence electrons. The average molecular weight is 169 g/mol. The molecular weight excluding hydrogens is 150 g/mol. The lowest BCUT2D eigenvalue weighted by Crippen LogP contribution is -2.33. The summed E-state index contributed by atoms with van der Waals surface area (Å²) in [7, 11) is 0. The zero-order valence-electron chi connectivity index (χ0n) is 8.10. The van der Waals surface area contributed by atoms with Gasteiger partial charge in [0.05, 0.1) is 0 Å². The minimum atomic E-state index is 0.268. The molecule has 12 heavy (non-hydrogen) atoms. The van der Waals surface area contributed by atoms with Crippen molar-refractivity contribution in [3.05, 3.63) is 0 Å². The van der Waals surface area contributed by atoms with Crippen LogP contribution >= 0.6 is 0 Å². The third-order valence-corrected chi connectivity index (χ3v) is 2.66. The number of rotatable bonds is 2. The topological polar surface area (TPSA) is 29.1 Å². The number of nitrogens with one attached hydrogen (secondary N) is 1. The van der Waals surface area contributed by atoms with Crippen molar-refractivity contribution in [1.29, 1.82) is 0 Å². The molecule has 2 heteroatoms. The molecule has 1 fully saturated rings. The maximum Gasteiger partial charge on any atom is 0.223 e. The summed E-state index contributed by atoms with van der Waals surface area (Å²) in [5.41, 5.74) is 0. The summed E-state index contributed by atoms with van der Waals surface area (Å²) in [6, 6.07) is 0. The van der Waals surface area contributed by atoms with Crippen LogP contribution in [-0.2, 0) is 4.79 Å². The van der Waals surface area contributed by atoms with Gasteiger partial charge in [0.25, 0.3) is 0 Å². The van der Waals surface area contributed by atoms with Crippen molar-refractivity contribution < 1.29 is 4.79 Å². The molecule has 1 N–H and O–H groups in total. The van der Waals surface area contributed by atoms with Crippen LogP contribution in [0.25, 0.3) is 0 Å². The summed E-state index contributed by atoms with van der Waals surface area (Å²) in [6.45, 7) is 4.99. The second kappa shape index (κ2) is 4.48. The Morgan fingerprint density at radius 3 is 2.83 bits per heavy atom. The average Bonchev–Trinajstić information content (AvgIpc) is 2.05. The van der Waals surface area contributed by atoms with Crippen molar-refractivity contribution in [1.82, 2.24) is 5.32 Å². The van der Waals surface area contributed by atoms with Gasteiger partial charge in [-0.1, -0.05) is 19.8 Å². The lowest BCUT2D eigenvalue weighted by Gasteiger charge is -2.25. The Morgan fingerprint density at radius 2 is 2.25 bits per heavy atom. The Bertz CT molecular complexity index is 156. The molecule has 0 aromatic carbocycles. The van der Waals surface area contributed by atoms with E-state index in [1.807, 2.05) is 6.92 Å². The number of hydrogen-bond donors (Lipinski definition) is 1.